The van der Waals surface area contributed by atoms with Crippen LogP contribution >= 0.6 is 11.9 Å². The Morgan fingerprint density at radius 2 is 1.50 bits per heavy atom. The number of nitrogens with zero attached hydrogens (tertiary/aromatic N) is 1. The lowest BCUT2D eigenvalue weighted by Crippen LogP contribution is -1.79. The van der Waals surface area contributed by atoms with Crippen molar-refractivity contribution in [3.8, 4) is 0 Å². The van der Waals surface area contributed by atoms with E-state index in [9.17, 15) is 0 Å². The van der Waals surface area contributed by atoms with Gasteiger partial charge in [0.25, 0.3) is 0 Å². The fourth-order valence-corrected chi connectivity index (χ4v) is 1.77. The largest absolute Gasteiger partial charge is 0.295 e. The summed E-state index contributed by atoms with van der Waals surface area (Å²) >= 11 is 1.71. The standard InChI is InChI=1S/C10H9NS/c1-2-6-10(7-3-1)12-11-8-4-5-9-11/h1-9H. The van der Waals surface area contributed by atoms with Crippen molar-refractivity contribution >= 4 is 11.9 Å². The van der Waals surface area contributed by atoms with Crippen molar-refractivity contribution in [1.82, 2.24) is 3.97 Å². The van der Waals surface area contributed by atoms with Crippen LogP contribution in [0.4, 0.5) is 0 Å². The van der Waals surface area contributed by atoms with Gasteiger partial charge in [0, 0.05) is 17.3 Å². The summed E-state index contributed by atoms with van der Waals surface area (Å²) in [6.45, 7) is 0. The zero-order chi connectivity index (χ0) is 8.23. The van der Waals surface area contributed by atoms with E-state index in [2.05, 4.69) is 16.1 Å². The van der Waals surface area contributed by atoms with Crippen molar-refractivity contribution in [3.63, 3.8) is 0 Å². The summed E-state index contributed by atoms with van der Waals surface area (Å²) < 4.78 is 2.08. The Balaban J connectivity index is 2.15. The average Bonchev–Trinajstić information content (AvgIpc) is 2.59. The number of aromatic nitrogens is 1. The second-order valence-electron chi connectivity index (χ2n) is 2.45. The Bertz CT molecular complexity index is 326. The van der Waals surface area contributed by atoms with Crippen molar-refractivity contribution in [3.05, 3.63) is 54.9 Å². The molecule has 2 heteroatoms. The molecule has 12 heavy (non-hydrogen) atoms. The van der Waals surface area contributed by atoms with E-state index >= 15 is 0 Å². The molecule has 0 fully saturated rings. The first-order valence-electron chi connectivity index (χ1n) is 3.81. The molecule has 0 aliphatic heterocycles. The molecular weight excluding hydrogens is 166 g/mol. The van der Waals surface area contributed by atoms with Gasteiger partial charge in [-0.05, 0) is 36.2 Å². The molecule has 0 N–H and O–H groups in total. The highest BCUT2D eigenvalue weighted by Gasteiger charge is 1.91. The third-order valence-corrected chi connectivity index (χ3v) is 2.47. The maximum absolute atomic E-state index is 2.10. The van der Waals surface area contributed by atoms with Crippen LogP contribution in [0, 0.1) is 0 Å². The quantitative estimate of drug-likeness (QED) is 0.679. The Kier molecular flexibility index (Phi) is 2.19. The third kappa shape index (κ3) is 1.71. The van der Waals surface area contributed by atoms with E-state index < -0.39 is 0 Å². The summed E-state index contributed by atoms with van der Waals surface area (Å²) in [7, 11) is 0. The van der Waals surface area contributed by atoms with Crippen LogP contribution in [-0.2, 0) is 0 Å². The summed E-state index contributed by atoms with van der Waals surface area (Å²) in [5.41, 5.74) is 0. The number of hydrogen-bond donors (Lipinski definition) is 0. The fraction of sp³-hybridized carbons (Fsp3) is 0. The predicted molar refractivity (Wildman–Crippen MR) is 52.1 cm³/mol. The number of benzene rings is 1. The van der Waals surface area contributed by atoms with Gasteiger partial charge in [0.2, 0.25) is 0 Å². The Morgan fingerprint density at radius 1 is 0.833 bits per heavy atom. The number of hydrogen-bond acceptors (Lipinski definition) is 1. The molecule has 2 rings (SSSR count). The summed E-state index contributed by atoms with van der Waals surface area (Å²) in [4.78, 5) is 1.26. The molecule has 0 unspecified atom stereocenters. The Morgan fingerprint density at radius 3 is 2.17 bits per heavy atom. The molecule has 0 amide bonds. The molecule has 0 aliphatic rings. The van der Waals surface area contributed by atoms with Crippen molar-refractivity contribution in [1.29, 1.82) is 0 Å². The molecular formula is C10H9NS. The minimum absolute atomic E-state index is 1.26. The molecule has 0 bridgehead atoms. The van der Waals surface area contributed by atoms with Crippen molar-refractivity contribution in [2.45, 2.75) is 4.90 Å². The van der Waals surface area contributed by atoms with Gasteiger partial charge in [0.05, 0.1) is 0 Å². The van der Waals surface area contributed by atoms with E-state index in [4.69, 9.17) is 0 Å². The zero-order valence-electron chi connectivity index (χ0n) is 6.55. The van der Waals surface area contributed by atoms with Crippen molar-refractivity contribution < 1.29 is 0 Å². The molecule has 0 aliphatic carbocycles. The molecule has 60 valence electrons. The van der Waals surface area contributed by atoms with Crippen LogP contribution in [0.25, 0.3) is 0 Å². The Hall–Kier alpha value is -1.15. The maximum atomic E-state index is 2.10. The predicted octanol–water partition coefficient (Wildman–Crippen LogP) is 3.04. The van der Waals surface area contributed by atoms with E-state index in [1.807, 2.05) is 42.7 Å². The second kappa shape index (κ2) is 3.50. The third-order valence-electron chi connectivity index (χ3n) is 1.53. The molecule has 1 nitrogen and oxygen atoms in total. The highest BCUT2D eigenvalue weighted by atomic mass is 32.2. The maximum Gasteiger partial charge on any atom is 0.0290 e. The van der Waals surface area contributed by atoms with E-state index in [1.165, 1.54) is 4.90 Å². The molecule has 0 spiro atoms. The van der Waals surface area contributed by atoms with Crippen LogP contribution in [0.5, 0.6) is 0 Å². The summed E-state index contributed by atoms with van der Waals surface area (Å²) in [5, 5.41) is 0. The summed E-state index contributed by atoms with van der Waals surface area (Å²) in [6, 6.07) is 14.4. The molecule has 2 aromatic rings. The van der Waals surface area contributed by atoms with Crippen LogP contribution in [-0.4, -0.2) is 3.97 Å². The van der Waals surface area contributed by atoms with E-state index in [1.54, 1.807) is 11.9 Å². The fourth-order valence-electron chi connectivity index (χ4n) is 0.983. The minimum atomic E-state index is 1.26. The molecule has 0 saturated heterocycles. The molecule has 1 heterocycles. The van der Waals surface area contributed by atoms with Gasteiger partial charge in [0.1, 0.15) is 0 Å². The van der Waals surface area contributed by atoms with Crippen molar-refractivity contribution in [2.75, 3.05) is 0 Å². The summed E-state index contributed by atoms with van der Waals surface area (Å²) in [5.74, 6) is 0. The van der Waals surface area contributed by atoms with Gasteiger partial charge in [-0.3, -0.25) is 3.97 Å². The topological polar surface area (TPSA) is 4.93 Å². The smallest absolute Gasteiger partial charge is 0.0290 e. The zero-order valence-corrected chi connectivity index (χ0v) is 7.37. The van der Waals surface area contributed by atoms with Crippen LogP contribution in [0.15, 0.2) is 59.8 Å². The lowest BCUT2D eigenvalue weighted by Gasteiger charge is -1.99. The van der Waals surface area contributed by atoms with Gasteiger partial charge in [0.15, 0.2) is 0 Å². The van der Waals surface area contributed by atoms with Crippen LogP contribution < -0.4 is 0 Å². The highest BCUT2D eigenvalue weighted by Crippen LogP contribution is 2.18. The highest BCUT2D eigenvalue weighted by molar-refractivity contribution is 7.97. The molecule has 1 aromatic heterocycles. The van der Waals surface area contributed by atoms with Crippen LogP contribution in [0.1, 0.15) is 0 Å². The summed E-state index contributed by atoms with van der Waals surface area (Å²) in [6.07, 6.45) is 4.08. The van der Waals surface area contributed by atoms with Gasteiger partial charge >= 0.3 is 0 Å². The number of rotatable bonds is 2. The second-order valence-corrected chi connectivity index (χ2v) is 3.52. The monoisotopic (exact) mass is 175 g/mol. The van der Waals surface area contributed by atoms with E-state index in [0.29, 0.717) is 0 Å². The molecule has 0 atom stereocenters. The van der Waals surface area contributed by atoms with Crippen LogP contribution in [0.2, 0.25) is 0 Å². The molecule has 0 saturated carbocycles. The van der Waals surface area contributed by atoms with Gasteiger partial charge < -0.3 is 0 Å². The first-order valence-corrected chi connectivity index (χ1v) is 4.59. The van der Waals surface area contributed by atoms with Crippen molar-refractivity contribution in [2.24, 2.45) is 0 Å². The molecule has 1 aromatic carbocycles. The molecule has 0 radical (unpaired) electrons. The van der Waals surface area contributed by atoms with Crippen LogP contribution in [0.3, 0.4) is 0 Å². The first-order chi connectivity index (χ1) is 5.95. The SMILES string of the molecule is c1ccc(Sn2cccc2)cc1. The minimum Gasteiger partial charge on any atom is -0.295 e. The van der Waals surface area contributed by atoms with Gasteiger partial charge in [-0.15, -0.1) is 0 Å². The average molecular weight is 175 g/mol. The van der Waals surface area contributed by atoms with E-state index in [-0.39, 0.29) is 0 Å². The van der Waals surface area contributed by atoms with E-state index in [0.717, 1.165) is 0 Å². The van der Waals surface area contributed by atoms with Gasteiger partial charge in [-0.2, -0.15) is 0 Å². The lowest BCUT2D eigenvalue weighted by molar-refractivity contribution is 1.27. The lowest BCUT2D eigenvalue weighted by atomic mass is 10.4. The Labute approximate surface area is 76.2 Å². The van der Waals surface area contributed by atoms with Gasteiger partial charge in [-0.1, -0.05) is 18.2 Å². The first kappa shape index (κ1) is 7.50. The van der Waals surface area contributed by atoms with Gasteiger partial charge in [-0.25, -0.2) is 0 Å². The normalized spacial score (nSPS) is 10.0.